The van der Waals surface area contributed by atoms with Crippen molar-refractivity contribution < 1.29 is 26.7 Å². The van der Waals surface area contributed by atoms with E-state index in [-0.39, 0.29) is 22.8 Å². The standard InChI is InChI=1S/C10H14N2O6S2/c1-12(6-5-10(13)14)20(17,18)9-4-2-3-8(7-9)19(11,15)16/h2-4,7H,5-6H2,1H3,(H,13,14)(H2,11,15,16). The van der Waals surface area contributed by atoms with Gasteiger partial charge in [-0.05, 0) is 18.2 Å². The zero-order chi connectivity index (χ0) is 15.6. The molecule has 0 bridgehead atoms. The maximum atomic E-state index is 12.1. The maximum absolute atomic E-state index is 12.1. The highest BCUT2D eigenvalue weighted by molar-refractivity contribution is 7.90. The molecule has 20 heavy (non-hydrogen) atoms. The summed E-state index contributed by atoms with van der Waals surface area (Å²) in [6.45, 7) is -0.225. The summed E-state index contributed by atoms with van der Waals surface area (Å²) in [5, 5.41) is 13.5. The van der Waals surface area contributed by atoms with E-state index < -0.39 is 26.0 Å². The van der Waals surface area contributed by atoms with Crippen LogP contribution < -0.4 is 5.14 Å². The molecule has 0 amide bonds. The van der Waals surface area contributed by atoms with Gasteiger partial charge in [0.1, 0.15) is 0 Å². The molecule has 0 fully saturated rings. The first kappa shape index (κ1) is 16.6. The van der Waals surface area contributed by atoms with Gasteiger partial charge in [-0.1, -0.05) is 6.07 Å². The number of rotatable bonds is 6. The SMILES string of the molecule is CN(CCC(=O)O)S(=O)(=O)c1cccc(S(N)(=O)=O)c1. The van der Waals surface area contributed by atoms with Crippen LogP contribution in [0, 0.1) is 0 Å². The molecule has 1 aromatic carbocycles. The third-order valence-corrected chi connectivity index (χ3v) is 5.25. The van der Waals surface area contributed by atoms with Gasteiger partial charge in [-0.3, -0.25) is 4.79 Å². The molecule has 1 rings (SSSR count). The zero-order valence-electron chi connectivity index (χ0n) is 10.6. The number of aliphatic carboxylic acids is 1. The van der Waals surface area contributed by atoms with Gasteiger partial charge in [0, 0.05) is 13.6 Å². The number of nitrogens with two attached hydrogens (primary N) is 1. The van der Waals surface area contributed by atoms with E-state index in [4.69, 9.17) is 10.2 Å². The fraction of sp³-hybridized carbons (Fsp3) is 0.300. The molecule has 3 N–H and O–H groups in total. The Labute approximate surface area is 116 Å². The fourth-order valence-electron chi connectivity index (χ4n) is 1.36. The number of carboxylic acid groups (broad SMARTS) is 1. The molecule has 0 aliphatic rings. The summed E-state index contributed by atoms with van der Waals surface area (Å²) in [5.41, 5.74) is 0. The number of benzene rings is 1. The van der Waals surface area contributed by atoms with Crippen LogP contribution in [0.4, 0.5) is 0 Å². The minimum atomic E-state index is -4.01. The van der Waals surface area contributed by atoms with Crippen LogP contribution >= 0.6 is 0 Å². The van der Waals surface area contributed by atoms with E-state index in [2.05, 4.69) is 0 Å². The van der Waals surface area contributed by atoms with Crippen molar-refractivity contribution in [3.8, 4) is 0 Å². The smallest absolute Gasteiger partial charge is 0.304 e. The van der Waals surface area contributed by atoms with Crippen molar-refractivity contribution in [3.05, 3.63) is 24.3 Å². The molecule has 8 nitrogen and oxygen atoms in total. The van der Waals surface area contributed by atoms with Gasteiger partial charge in [-0.25, -0.2) is 26.3 Å². The van der Waals surface area contributed by atoms with Gasteiger partial charge in [-0.2, -0.15) is 0 Å². The average molecular weight is 322 g/mol. The lowest BCUT2D eigenvalue weighted by Gasteiger charge is -2.16. The minimum absolute atomic E-state index is 0.225. The van der Waals surface area contributed by atoms with E-state index in [9.17, 15) is 21.6 Å². The largest absolute Gasteiger partial charge is 0.481 e. The molecule has 0 saturated heterocycles. The lowest BCUT2D eigenvalue weighted by molar-refractivity contribution is -0.137. The molecule has 0 aromatic heterocycles. The monoisotopic (exact) mass is 322 g/mol. The van der Waals surface area contributed by atoms with Crippen molar-refractivity contribution in [2.75, 3.05) is 13.6 Å². The van der Waals surface area contributed by atoms with Crippen LogP contribution in [0.1, 0.15) is 6.42 Å². The van der Waals surface area contributed by atoms with Crippen LogP contribution in [0.3, 0.4) is 0 Å². The Morgan fingerprint density at radius 2 is 1.80 bits per heavy atom. The van der Waals surface area contributed by atoms with Crippen molar-refractivity contribution in [2.45, 2.75) is 16.2 Å². The van der Waals surface area contributed by atoms with E-state index in [1.165, 1.54) is 25.2 Å². The molecule has 0 spiro atoms. The van der Waals surface area contributed by atoms with E-state index in [1.807, 2.05) is 0 Å². The van der Waals surface area contributed by atoms with Crippen molar-refractivity contribution in [2.24, 2.45) is 5.14 Å². The molecule has 0 unspecified atom stereocenters. The van der Waals surface area contributed by atoms with Crippen molar-refractivity contribution in [3.63, 3.8) is 0 Å². The average Bonchev–Trinajstić information content (AvgIpc) is 2.34. The molecule has 0 saturated carbocycles. The van der Waals surface area contributed by atoms with Crippen molar-refractivity contribution >= 4 is 26.0 Å². The number of nitrogens with zero attached hydrogens (tertiary/aromatic N) is 1. The van der Waals surface area contributed by atoms with E-state index in [0.717, 1.165) is 10.4 Å². The third-order valence-electron chi connectivity index (χ3n) is 2.48. The third kappa shape index (κ3) is 4.00. The number of hydrogen-bond donors (Lipinski definition) is 2. The normalized spacial score (nSPS) is 12.6. The fourth-order valence-corrected chi connectivity index (χ4v) is 3.22. The summed E-state index contributed by atoms with van der Waals surface area (Å²) in [7, 11) is -6.77. The molecule has 0 radical (unpaired) electrons. The van der Waals surface area contributed by atoms with Crippen LogP contribution in [0.25, 0.3) is 0 Å². The molecule has 0 aliphatic carbocycles. The van der Waals surface area contributed by atoms with Gasteiger partial charge in [0.25, 0.3) is 0 Å². The van der Waals surface area contributed by atoms with Crippen LogP contribution in [0.15, 0.2) is 34.1 Å². The first-order valence-corrected chi connectivity index (χ1v) is 8.35. The number of carboxylic acids is 1. The first-order valence-electron chi connectivity index (χ1n) is 5.36. The number of carbonyl (C=O) groups is 1. The van der Waals surface area contributed by atoms with Gasteiger partial charge >= 0.3 is 5.97 Å². The molecule has 0 atom stereocenters. The topological polar surface area (TPSA) is 135 Å². The highest BCUT2D eigenvalue weighted by Gasteiger charge is 2.22. The summed E-state index contributed by atoms with van der Waals surface area (Å²) < 4.78 is 47.5. The van der Waals surface area contributed by atoms with Gasteiger partial charge in [0.15, 0.2) is 0 Å². The Balaban J connectivity index is 3.13. The molecule has 0 aliphatic heterocycles. The summed E-state index contributed by atoms with van der Waals surface area (Å²) in [6, 6.07) is 4.56. The molecular formula is C10H14N2O6S2. The van der Waals surface area contributed by atoms with Gasteiger partial charge in [0.05, 0.1) is 16.2 Å². The molecule has 112 valence electrons. The molecular weight excluding hydrogens is 308 g/mol. The predicted molar refractivity (Wildman–Crippen MR) is 69.9 cm³/mol. The van der Waals surface area contributed by atoms with Crippen LogP contribution in [0.5, 0.6) is 0 Å². The lowest BCUT2D eigenvalue weighted by atomic mass is 10.4. The Morgan fingerprint density at radius 3 is 2.30 bits per heavy atom. The van der Waals surface area contributed by atoms with Crippen molar-refractivity contribution in [1.29, 1.82) is 0 Å². The lowest BCUT2D eigenvalue weighted by Crippen LogP contribution is -2.29. The molecule has 0 heterocycles. The van der Waals surface area contributed by atoms with Crippen LogP contribution in [0.2, 0.25) is 0 Å². The van der Waals surface area contributed by atoms with E-state index in [1.54, 1.807) is 0 Å². The minimum Gasteiger partial charge on any atom is -0.481 e. The highest BCUT2D eigenvalue weighted by Crippen LogP contribution is 2.18. The first-order chi connectivity index (χ1) is 9.05. The summed E-state index contributed by atoms with van der Waals surface area (Å²) in [4.78, 5) is 9.84. The van der Waals surface area contributed by atoms with E-state index in [0.29, 0.717) is 0 Å². The summed E-state index contributed by atoms with van der Waals surface area (Å²) >= 11 is 0. The Morgan fingerprint density at radius 1 is 1.25 bits per heavy atom. The molecule has 10 heteroatoms. The second kappa shape index (κ2) is 5.87. The Bertz CT molecular complexity index is 711. The number of sulfonamides is 2. The van der Waals surface area contributed by atoms with Gasteiger partial charge in [-0.15, -0.1) is 0 Å². The van der Waals surface area contributed by atoms with Crippen LogP contribution in [-0.2, 0) is 24.8 Å². The zero-order valence-corrected chi connectivity index (χ0v) is 12.2. The second-order valence-corrected chi connectivity index (χ2v) is 7.60. The number of hydrogen-bond acceptors (Lipinski definition) is 5. The highest BCUT2D eigenvalue weighted by atomic mass is 32.2. The maximum Gasteiger partial charge on any atom is 0.304 e. The van der Waals surface area contributed by atoms with Crippen molar-refractivity contribution in [1.82, 2.24) is 4.31 Å². The molecule has 1 aromatic rings. The van der Waals surface area contributed by atoms with E-state index >= 15 is 0 Å². The van der Waals surface area contributed by atoms with Gasteiger partial charge in [0.2, 0.25) is 20.0 Å². The summed E-state index contributed by atoms with van der Waals surface area (Å²) in [6.07, 6.45) is -0.357. The predicted octanol–water partition coefficient (Wildman–Crippen LogP) is -0.571. The summed E-state index contributed by atoms with van der Waals surface area (Å²) in [5.74, 6) is -1.13. The quantitative estimate of drug-likeness (QED) is 0.720. The Kier molecular flexibility index (Phi) is 4.86. The van der Waals surface area contributed by atoms with Crippen LogP contribution in [-0.4, -0.2) is 45.8 Å². The Hall–Kier alpha value is -1.49. The number of primary sulfonamides is 1. The second-order valence-electron chi connectivity index (χ2n) is 3.99. The van der Waals surface area contributed by atoms with Gasteiger partial charge < -0.3 is 5.11 Å².